The molecule has 1 rings (SSSR count). The second-order valence-electron chi connectivity index (χ2n) is 4.63. The number of hydrogen-bond donors (Lipinski definition) is 2. The number of carbonyl (C=O) groups excluding carboxylic acids is 1. The minimum absolute atomic E-state index is 0.196. The molecule has 0 heterocycles. The van der Waals surface area contributed by atoms with Gasteiger partial charge in [0.15, 0.2) is 0 Å². The SMILES string of the molecule is CCC(C)(O)CNC(=O)c1cc(OC)cc(OC)c1. The van der Waals surface area contributed by atoms with E-state index >= 15 is 0 Å². The van der Waals surface area contributed by atoms with Crippen LogP contribution in [0.1, 0.15) is 30.6 Å². The number of methoxy groups -OCH3 is 2. The molecule has 0 aliphatic carbocycles. The number of carbonyl (C=O) groups is 1. The van der Waals surface area contributed by atoms with Gasteiger partial charge < -0.3 is 19.9 Å². The van der Waals surface area contributed by atoms with Crippen LogP contribution >= 0.6 is 0 Å². The van der Waals surface area contributed by atoms with E-state index in [4.69, 9.17) is 9.47 Å². The molecule has 0 aliphatic rings. The van der Waals surface area contributed by atoms with Gasteiger partial charge in [-0.3, -0.25) is 4.79 Å². The molecule has 0 saturated heterocycles. The van der Waals surface area contributed by atoms with Crippen LogP contribution < -0.4 is 14.8 Å². The molecule has 0 radical (unpaired) electrons. The smallest absolute Gasteiger partial charge is 0.251 e. The fraction of sp³-hybridized carbons (Fsp3) is 0.500. The minimum atomic E-state index is -0.904. The molecule has 5 nitrogen and oxygen atoms in total. The van der Waals surface area contributed by atoms with E-state index < -0.39 is 5.60 Å². The Morgan fingerprint density at radius 2 is 1.79 bits per heavy atom. The first-order valence-electron chi connectivity index (χ1n) is 6.15. The lowest BCUT2D eigenvalue weighted by Gasteiger charge is -2.21. The maximum Gasteiger partial charge on any atom is 0.251 e. The predicted molar refractivity (Wildman–Crippen MR) is 72.8 cm³/mol. The summed E-state index contributed by atoms with van der Waals surface area (Å²) in [6.45, 7) is 3.74. The van der Waals surface area contributed by atoms with Gasteiger partial charge >= 0.3 is 0 Å². The van der Waals surface area contributed by atoms with Crippen molar-refractivity contribution in [2.45, 2.75) is 25.9 Å². The Labute approximate surface area is 113 Å². The van der Waals surface area contributed by atoms with Crippen LogP contribution in [0.5, 0.6) is 11.5 Å². The quantitative estimate of drug-likeness (QED) is 0.821. The normalized spacial score (nSPS) is 13.5. The third-order valence-corrected chi connectivity index (χ3v) is 3.01. The number of nitrogens with one attached hydrogen (secondary N) is 1. The molecule has 0 aromatic heterocycles. The van der Waals surface area contributed by atoms with Crippen molar-refractivity contribution in [3.8, 4) is 11.5 Å². The number of aliphatic hydroxyl groups is 1. The molecule has 19 heavy (non-hydrogen) atoms. The third kappa shape index (κ3) is 4.44. The third-order valence-electron chi connectivity index (χ3n) is 3.01. The van der Waals surface area contributed by atoms with Crippen LogP contribution in [0, 0.1) is 0 Å². The van der Waals surface area contributed by atoms with Gasteiger partial charge in [-0.25, -0.2) is 0 Å². The molecule has 0 fully saturated rings. The van der Waals surface area contributed by atoms with E-state index in [0.29, 0.717) is 23.5 Å². The summed E-state index contributed by atoms with van der Waals surface area (Å²) in [5.41, 5.74) is -0.471. The lowest BCUT2D eigenvalue weighted by atomic mass is 10.0. The molecule has 1 aromatic rings. The van der Waals surface area contributed by atoms with Crippen LogP contribution in [-0.2, 0) is 0 Å². The van der Waals surface area contributed by atoms with E-state index in [0.717, 1.165) is 0 Å². The molecule has 1 amide bonds. The van der Waals surface area contributed by atoms with Crippen molar-refractivity contribution in [1.29, 1.82) is 0 Å². The highest BCUT2D eigenvalue weighted by molar-refractivity contribution is 5.95. The van der Waals surface area contributed by atoms with Crippen molar-refractivity contribution in [1.82, 2.24) is 5.32 Å². The largest absolute Gasteiger partial charge is 0.497 e. The summed E-state index contributed by atoms with van der Waals surface area (Å²) in [7, 11) is 3.05. The molecule has 106 valence electrons. The first-order chi connectivity index (χ1) is 8.91. The van der Waals surface area contributed by atoms with E-state index in [1.807, 2.05) is 6.92 Å². The number of amides is 1. The van der Waals surface area contributed by atoms with Crippen LogP contribution in [0.25, 0.3) is 0 Å². The monoisotopic (exact) mass is 267 g/mol. The van der Waals surface area contributed by atoms with E-state index in [1.54, 1.807) is 25.1 Å². The standard InChI is InChI=1S/C14H21NO4/c1-5-14(2,17)9-15-13(16)10-6-11(18-3)8-12(7-10)19-4/h6-8,17H,5,9H2,1-4H3,(H,15,16). The summed E-state index contributed by atoms with van der Waals surface area (Å²) in [5, 5.41) is 12.5. The molecule has 0 bridgehead atoms. The van der Waals surface area contributed by atoms with Gasteiger partial charge in [0.2, 0.25) is 0 Å². The Bertz CT molecular complexity index is 421. The minimum Gasteiger partial charge on any atom is -0.497 e. The highest BCUT2D eigenvalue weighted by Gasteiger charge is 2.19. The molecule has 2 N–H and O–H groups in total. The van der Waals surface area contributed by atoms with Crippen LogP contribution in [0.4, 0.5) is 0 Å². The fourth-order valence-corrected chi connectivity index (χ4v) is 1.44. The summed E-state index contributed by atoms with van der Waals surface area (Å²) in [4.78, 5) is 12.0. The van der Waals surface area contributed by atoms with Crippen LogP contribution in [0.2, 0.25) is 0 Å². The zero-order valence-electron chi connectivity index (χ0n) is 11.8. The summed E-state index contributed by atoms with van der Waals surface area (Å²) in [6, 6.07) is 4.94. The zero-order chi connectivity index (χ0) is 14.5. The van der Waals surface area contributed by atoms with Crippen molar-refractivity contribution in [2.75, 3.05) is 20.8 Å². The average Bonchev–Trinajstić information content (AvgIpc) is 2.44. The molecular formula is C14H21NO4. The van der Waals surface area contributed by atoms with Crippen molar-refractivity contribution < 1.29 is 19.4 Å². The number of rotatable bonds is 6. The number of benzene rings is 1. The summed E-state index contributed by atoms with van der Waals surface area (Å²) < 4.78 is 10.2. The van der Waals surface area contributed by atoms with E-state index in [-0.39, 0.29) is 12.5 Å². The van der Waals surface area contributed by atoms with Gasteiger partial charge in [0.05, 0.1) is 19.8 Å². The summed E-state index contributed by atoms with van der Waals surface area (Å²) in [5.74, 6) is 0.824. The summed E-state index contributed by atoms with van der Waals surface area (Å²) in [6.07, 6.45) is 0.564. The van der Waals surface area contributed by atoms with Gasteiger partial charge in [-0.1, -0.05) is 6.92 Å². The number of hydrogen-bond acceptors (Lipinski definition) is 4. The maximum atomic E-state index is 12.0. The van der Waals surface area contributed by atoms with Gasteiger partial charge in [0.1, 0.15) is 11.5 Å². The highest BCUT2D eigenvalue weighted by atomic mass is 16.5. The first-order valence-corrected chi connectivity index (χ1v) is 6.15. The Hall–Kier alpha value is -1.75. The Balaban J connectivity index is 2.81. The topological polar surface area (TPSA) is 67.8 Å². The highest BCUT2D eigenvalue weighted by Crippen LogP contribution is 2.22. The molecule has 5 heteroatoms. The Kier molecular flexibility index (Phi) is 5.18. The maximum absolute atomic E-state index is 12.0. The average molecular weight is 267 g/mol. The molecule has 1 aromatic carbocycles. The van der Waals surface area contributed by atoms with Crippen molar-refractivity contribution in [3.05, 3.63) is 23.8 Å². The second kappa shape index (κ2) is 6.43. The number of ether oxygens (including phenoxy) is 2. The molecule has 1 atom stereocenters. The van der Waals surface area contributed by atoms with Gasteiger partial charge in [-0.05, 0) is 25.5 Å². The van der Waals surface area contributed by atoms with Crippen LogP contribution in [0.3, 0.4) is 0 Å². The molecule has 0 saturated carbocycles. The van der Waals surface area contributed by atoms with Crippen LogP contribution in [-0.4, -0.2) is 37.4 Å². The van der Waals surface area contributed by atoms with Gasteiger partial charge in [0.25, 0.3) is 5.91 Å². The Morgan fingerprint density at radius 3 is 2.21 bits per heavy atom. The summed E-state index contributed by atoms with van der Waals surface area (Å²) >= 11 is 0. The molecule has 1 unspecified atom stereocenters. The second-order valence-corrected chi connectivity index (χ2v) is 4.63. The molecule has 0 spiro atoms. The van der Waals surface area contributed by atoms with E-state index in [9.17, 15) is 9.90 Å². The van der Waals surface area contributed by atoms with E-state index in [1.165, 1.54) is 14.2 Å². The molecular weight excluding hydrogens is 246 g/mol. The van der Waals surface area contributed by atoms with Gasteiger partial charge in [0, 0.05) is 18.2 Å². The van der Waals surface area contributed by atoms with Crippen molar-refractivity contribution >= 4 is 5.91 Å². The van der Waals surface area contributed by atoms with Crippen molar-refractivity contribution in [3.63, 3.8) is 0 Å². The van der Waals surface area contributed by atoms with Gasteiger partial charge in [-0.15, -0.1) is 0 Å². The molecule has 0 aliphatic heterocycles. The van der Waals surface area contributed by atoms with Gasteiger partial charge in [-0.2, -0.15) is 0 Å². The Morgan fingerprint density at radius 1 is 1.26 bits per heavy atom. The van der Waals surface area contributed by atoms with Crippen molar-refractivity contribution in [2.24, 2.45) is 0 Å². The zero-order valence-corrected chi connectivity index (χ0v) is 11.8. The lowest BCUT2D eigenvalue weighted by molar-refractivity contribution is 0.0518. The predicted octanol–water partition coefficient (Wildman–Crippen LogP) is 1.59. The van der Waals surface area contributed by atoms with Crippen LogP contribution in [0.15, 0.2) is 18.2 Å². The fourth-order valence-electron chi connectivity index (χ4n) is 1.44. The lowest BCUT2D eigenvalue weighted by Crippen LogP contribution is -2.40. The van der Waals surface area contributed by atoms with E-state index in [2.05, 4.69) is 5.32 Å². The first kappa shape index (κ1) is 15.3.